The van der Waals surface area contributed by atoms with E-state index in [2.05, 4.69) is 153 Å². The van der Waals surface area contributed by atoms with Gasteiger partial charge in [0.15, 0.2) is 0 Å². The molecule has 4 saturated heterocycles. The number of aromatic nitrogens is 8. The number of morpholine rings is 2. The molecule has 0 aliphatic carbocycles. The number of amides is 5. The van der Waals surface area contributed by atoms with E-state index in [1.807, 2.05) is 177 Å². The van der Waals surface area contributed by atoms with Crippen LogP contribution in [0.4, 0.5) is 22.7 Å². The molecule has 0 saturated carbocycles. The van der Waals surface area contributed by atoms with Crippen molar-refractivity contribution in [3.63, 3.8) is 0 Å². The quantitative estimate of drug-likeness (QED) is 0.0618. The molecule has 12 heterocycles. The summed E-state index contributed by atoms with van der Waals surface area (Å²) < 4.78 is 32.7. The van der Waals surface area contributed by atoms with Crippen LogP contribution in [0.3, 0.4) is 0 Å². The van der Waals surface area contributed by atoms with Crippen LogP contribution in [0.2, 0.25) is 0 Å². The molecular weight excluding hydrogens is 1460 g/mol. The summed E-state index contributed by atoms with van der Waals surface area (Å²) in [5.74, 6) is 3.19. The fourth-order valence-electron chi connectivity index (χ4n) is 14.5. The van der Waals surface area contributed by atoms with Gasteiger partial charge in [0.1, 0.15) is 45.4 Å². The van der Waals surface area contributed by atoms with E-state index < -0.39 is 9.71 Å². The van der Waals surface area contributed by atoms with E-state index in [4.69, 9.17) is 9.47 Å². The van der Waals surface area contributed by atoms with Crippen molar-refractivity contribution in [2.75, 3.05) is 118 Å². The standard InChI is InChI=1S/C22H27N5O2S.C22H25N5O2.C22H26N4O2.C21H24N4O2/c1-17(23-22(28)20-16-26-11-5-4-6-21(26)24-20)18-7-9-19(10-8-18)25-12-14-27(15-13-25)30(2,3)29;1-16(23-22(29)20-15-27-10-4-3-5-21(27)24-20)18-6-8-19(9-7-18)26-13-11-25(12-14-26)17(2)28;1-15-12-26(13-16(2)28-15)19-9-7-18(8-10-19)17(3)23-22(27)20-14-25-11-5-4-6-21(25)24-20;1-15-4-3-9-25-14-19(23-20(15)25)21(26)22-16(2)17-5-7-18(8-6-17)24-10-12-27-13-11-24/h4-11,16-17H,2,12-15H2,1,3H3,(H,23,28);3-10,15-16H,11-14H2,1-2H3,(H,23,29);4-11,14-17H,12-13H2,1-3H3,(H,23,27);3-9,14,16H,10-13H2,1-2H3,(H,22,26)/t17-,30?;16-;15-,16+,17-;16-/m1111/s1. The van der Waals surface area contributed by atoms with Crippen molar-refractivity contribution in [2.24, 2.45) is 0 Å². The fraction of sp³-hybridized carbons (Fsp3) is 0.333. The third kappa shape index (κ3) is 20.1. The van der Waals surface area contributed by atoms with Crippen molar-refractivity contribution in [2.45, 2.75) is 91.8 Å². The van der Waals surface area contributed by atoms with E-state index in [0.29, 0.717) is 22.8 Å². The van der Waals surface area contributed by atoms with E-state index >= 15 is 0 Å². The molecule has 8 aromatic heterocycles. The predicted octanol–water partition coefficient (Wildman–Crippen LogP) is 11.1. The predicted molar refractivity (Wildman–Crippen MR) is 449 cm³/mol. The number of hydrogen-bond donors (Lipinski definition) is 4. The molecule has 4 aromatic carbocycles. The SMILES string of the molecule is C=S(C)(=O)N1CCN(c2ccc([C@@H](C)NC(=O)c3cn4ccccc4n3)cc2)CC1.CC(=O)N1CCN(c2ccc([C@@H](C)NC(=O)c3cn4ccccc4n3)cc2)CC1.C[C@@H]1CN(c2ccc([C@@H](C)NC(=O)c3cn4ccccc4n3)cc2)C[C@H](C)O1.Cc1cccn2cc(C(=O)N[C@H](C)c3ccc(N4CCOCC4)cc3)nc12. The van der Waals surface area contributed by atoms with Gasteiger partial charge in [0.2, 0.25) is 5.91 Å². The Morgan fingerprint density at radius 1 is 0.421 bits per heavy atom. The zero-order valence-corrected chi connectivity index (χ0v) is 67.0. The number of hydrogen-bond acceptors (Lipinski definition) is 16. The number of rotatable bonds is 17. The summed E-state index contributed by atoms with van der Waals surface area (Å²) in [6.45, 7) is 27.2. The Balaban J connectivity index is 0.000000133. The highest BCUT2D eigenvalue weighted by Gasteiger charge is 2.27. The van der Waals surface area contributed by atoms with Gasteiger partial charge in [-0.2, -0.15) is 0 Å². The second-order valence-electron chi connectivity index (χ2n) is 29.6. The van der Waals surface area contributed by atoms with Crippen LogP contribution < -0.4 is 40.9 Å². The van der Waals surface area contributed by atoms with Crippen molar-refractivity contribution in [3.05, 3.63) is 264 Å². The highest BCUT2D eigenvalue weighted by Crippen LogP contribution is 2.28. The van der Waals surface area contributed by atoms with Crippen LogP contribution in [0.1, 0.15) is 142 Å². The number of fused-ring (bicyclic) bond motifs is 4. The topological polar surface area (TPSA) is 258 Å². The van der Waals surface area contributed by atoms with Gasteiger partial charge in [-0.15, -0.1) is 0 Å². The number of ether oxygens (including phenoxy) is 2. The maximum absolute atomic E-state index is 12.6. The first-order valence-corrected chi connectivity index (χ1v) is 41.0. The van der Waals surface area contributed by atoms with Crippen molar-refractivity contribution in [1.82, 2.24) is 68.0 Å². The van der Waals surface area contributed by atoms with Crippen molar-refractivity contribution >= 4 is 90.5 Å². The normalized spacial score (nSPS) is 17.5. The van der Waals surface area contributed by atoms with Gasteiger partial charge in [-0.1, -0.05) is 72.8 Å². The number of carbonyl (C=O) groups excluding carboxylic acids is 5. The fourth-order valence-corrected chi connectivity index (χ4v) is 15.5. The third-order valence-corrected chi connectivity index (χ3v) is 22.5. The van der Waals surface area contributed by atoms with Crippen LogP contribution >= 0.6 is 0 Å². The van der Waals surface area contributed by atoms with Gasteiger partial charge in [0.25, 0.3) is 23.6 Å². The summed E-state index contributed by atoms with van der Waals surface area (Å²) in [5, 5.41) is 12.1. The summed E-state index contributed by atoms with van der Waals surface area (Å²) >= 11 is 0. The summed E-state index contributed by atoms with van der Waals surface area (Å²) in [6, 6.07) is 53.7. The lowest BCUT2D eigenvalue weighted by molar-refractivity contribution is -0.129. The van der Waals surface area contributed by atoms with Crippen LogP contribution in [0.5, 0.6) is 0 Å². The number of carbonyl (C=O) groups is 5. The number of nitrogens with one attached hydrogen (secondary N) is 4. The minimum atomic E-state index is -2.13. The Morgan fingerprint density at radius 2 is 0.746 bits per heavy atom. The molecule has 0 bridgehead atoms. The van der Waals surface area contributed by atoms with Crippen molar-refractivity contribution < 1.29 is 37.7 Å². The van der Waals surface area contributed by atoms with Gasteiger partial charge >= 0.3 is 0 Å². The molecule has 5 amide bonds. The third-order valence-electron chi connectivity index (χ3n) is 21.1. The highest BCUT2D eigenvalue weighted by atomic mass is 32.2. The number of nitrogens with zero attached hydrogens (tertiary/aromatic N) is 14. The minimum Gasteiger partial charge on any atom is -0.378 e. The molecule has 1 unspecified atom stereocenters. The van der Waals surface area contributed by atoms with Crippen LogP contribution in [0.15, 0.2) is 213 Å². The first-order chi connectivity index (χ1) is 54.9. The Hall–Kier alpha value is -11.9. The van der Waals surface area contributed by atoms with E-state index in [-0.39, 0.29) is 65.9 Å². The monoisotopic (exact) mass is 1560 g/mol. The molecule has 16 rings (SSSR count). The molecule has 4 fully saturated rings. The number of anilines is 4. The molecule has 594 valence electrons. The van der Waals surface area contributed by atoms with E-state index in [0.717, 1.165) is 154 Å². The molecule has 0 spiro atoms. The zero-order chi connectivity index (χ0) is 80.2. The van der Waals surface area contributed by atoms with E-state index in [1.54, 1.807) is 38.0 Å². The minimum absolute atomic E-state index is 0.0952. The highest BCUT2D eigenvalue weighted by molar-refractivity contribution is 7.97. The maximum atomic E-state index is 12.6. The van der Waals surface area contributed by atoms with Crippen LogP contribution in [0, 0.1) is 6.92 Å². The molecule has 0 radical (unpaired) electrons. The number of aryl methyl sites for hydroxylation is 1. The smallest absolute Gasteiger partial charge is 0.271 e. The molecule has 7 atom stereocenters. The second-order valence-corrected chi connectivity index (χ2v) is 32.0. The van der Waals surface area contributed by atoms with Crippen LogP contribution in [0.25, 0.3) is 22.6 Å². The average Bonchev–Trinajstić information content (AvgIpc) is 1.66. The lowest BCUT2D eigenvalue weighted by Crippen LogP contribution is -2.48. The molecule has 4 aliphatic rings. The summed E-state index contributed by atoms with van der Waals surface area (Å²) in [4.78, 5) is 90.5. The van der Waals surface area contributed by atoms with E-state index in [1.165, 1.54) is 11.4 Å². The Bertz CT molecular complexity index is 5300. The van der Waals surface area contributed by atoms with Crippen molar-refractivity contribution in [1.29, 1.82) is 0 Å². The molecular formula is C87H102N18O8S. The second kappa shape index (κ2) is 36.3. The van der Waals surface area contributed by atoms with Crippen LogP contribution in [-0.2, 0) is 24.0 Å². The molecule has 4 N–H and O–H groups in total. The van der Waals surface area contributed by atoms with Gasteiger partial charge in [0.05, 0.1) is 49.6 Å². The van der Waals surface area contributed by atoms with Crippen molar-refractivity contribution in [3.8, 4) is 0 Å². The van der Waals surface area contributed by atoms with Gasteiger partial charge in [-0.05, 0) is 173 Å². The van der Waals surface area contributed by atoms with Gasteiger partial charge in [0, 0.05) is 174 Å². The number of benzene rings is 4. The Kier molecular flexibility index (Phi) is 25.5. The summed E-state index contributed by atoms with van der Waals surface area (Å²) in [5.41, 5.74) is 14.6. The maximum Gasteiger partial charge on any atom is 0.271 e. The Labute approximate surface area is 665 Å². The Morgan fingerprint density at radius 3 is 1.09 bits per heavy atom. The summed E-state index contributed by atoms with van der Waals surface area (Å²) in [6.07, 6.45) is 16.7. The number of imidazole rings is 4. The lowest BCUT2D eigenvalue weighted by Gasteiger charge is -2.37. The van der Waals surface area contributed by atoms with Crippen LogP contribution in [-0.4, -0.2) is 197 Å². The molecule has 27 heteroatoms. The zero-order valence-electron chi connectivity index (χ0n) is 66.2. The van der Waals surface area contributed by atoms with Gasteiger partial charge in [-0.3, -0.25) is 28.2 Å². The number of piperazine rings is 2. The average molecular weight is 1560 g/mol. The van der Waals surface area contributed by atoms with Gasteiger partial charge in [-0.25, -0.2) is 24.2 Å². The largest absolute Gasteiger partial charge is 0.378 e. The first-order valence-electron chi connectivity index (χ1n) is 38.9. The number of pyridine rings is 4. The summed E-state index contributed by atoms with van der Waals surface area (Å²) in [7, 11) is -2.13. The van der Waals surface area contributed by atoms with E-state index in [9.17, 15) is 28.2 Å². The molecule has 4 aliphatic heterocycles. The lowest BCUT2D eigenvalue weighted by atomic mass is 10.1. The van der Waals surface area contributed by atoms with Gasteiger partial charge < -0.3 is 72.8 Å². The molecule has 114 heavy (non-hydrogen) atoms. The first kappa shape index (κ1) is 80.2. The molecule has 12 aromatic rings. The molecule has 26 nitrogen and oxygen atoms in total.